The maximum absolute atomic E-state index is 5.62. The minimum absolute atomic E-state index is 0.203. The van der Waals surface area contributed by atoms with Crippen LogP contribution < -0.4 is 11.3 Å². The van der Waals surface area contributed by atoms with Crippen LogP contribution in [0.5, 0.6) is 0 Å². The van der Waals surface area contributed by atoms with E-state index in [1.807, 2.05) is 28.1 Å². The highest BCUT2D eigenvalue weighted by molar-refractivity contribution is 7.15. The lowest BCUT2D eigenvalue weighted by atomic mass is 10.1. The lowest BCUT2D eigenvalue weighted by molar-refractivity contribution is 0.446. The average molecular weight is 276 g/mol. The average Bonchev–Trinajstić information content (AvgIpc) is 3.10. The van der Waals surface area contributed by atoms with Gasteiger partial charge >= 0.3 is 0 Å². The van der Waals surface area contributed by atoms with Crippen molar-refractivity contribution in [3.63, 3.8) is 0 Å². The molecule has 0 aliphatic heterocycles. The molecule has 5 nitrogen and oxygen atoms in total. The minimum atomic E-state index is 0.203. The van der Waals surface area contributed by atoms with Gasteiger partial charge in [-0.3, -0.25) is 15.7 Å². The second-order valence-electron chi connectivity index (χ2n) is 4.51. The Morgan fingerprint density at radius 3 is 3.21 bits per heavy atom. The number of hydrazine groups is 1. The first kappa shape index (κ1) is 12.4. The summed E-state index contributed by atoms with van der Waals surface area (Å²) in [6.07, 6.45) is 8.40. The Labute approximate surface area is 115 Å². The summed E-state index contributed by atoms with van der Waals surface area (Å²) in [7, 11) is 0. The van der Waals surface area contributed by atoms with E-state index < -0.39 is 0 Å². The summed E-state index contributed by atoms with van der Waals surface area (Å²) >= 11 is 1.64. The van der Waals surface area contributed by atoms with Gasteiger partial charge in [0.1, 0.15) is 5.76 Å². The number of aromatic nitrogens is 2. The van der Waals surface area contributed by atoms with Crippen molar-refractivity contribution in [1.29, 1.82) is 0 Å². The van der Waals surface area contributed by atoms with Crippen LogP contribution in [0.25, 0.3) is 4.96 Å². The molecule has 0 saturated carbocycles. The highest BCUT2D eigenvalue weighted by atomic mass is 32.1. The summed E-state index contributed by atoms with van der Waals surface area (Å²) in [5.41, 5.74) is 3.93. The molecular weight excluding hydrogens is 260 g/mol. The molecule has 3 rings (SSSR count). The van der Waals surface area contributed by atoms with Crippen LogP contribution in [-0.2, 0) is 12.8 Å². The van der Waals surface area contributed by atoms with Crippen molar-refractivity contribution in [3.8, 4) is 0 Å². The van der Waals surface area contributed by atoms with Crippen LogP contribution in [0.1, 0.15) is 17.9 Å². The largest absolute Gasteiger partial charge is 0.469 e. The van der Waals surface area contributed by atoms with Crippen LogP contribution in [0.3, 0.4) is 0 Å². The lowest BCUT2D eigenvalue weighted by Crippen LogP contribution is -2.37. The van der Waals surface area contributed by atoms with Crippen molar-refractivity contribution in [3.05, 3.63) is 47.6 Å². The number of thiazole rings is 1. The molecule has 1 atom stereocenters. The summed E-state index contributed by atoms with van der Waals surface area (Å²) in [6, 6.07) is 4.10. The van der Waals surface area contributed by atoms with Gasteiger partial charge < -0.3 is 4.42 Å². The Bertz CT molecular complexity index is 599. The fourth-order valence-electron chi connectivity index (χ4n) is 2.14. The van der Waals surface area contributed by atoms with Crippen molar-refractivity contribution in [2.75, 3.05) is 0 Å². The lowest BCUT2D eigenvalue weighted by Gasteiger charge is -2.13. The molecule has 19 heavy (non-hydrogen) atoms. The minimum Gasteiger partial charge on any atom is -0.469 e. The zero-order chi connectivity index (χ0) is 13.1. The van der Waals surface area contributed by atoms with Crippen molar-refractivity contribution < 1.29 is 4.42 Å². The van der Waals surface area contributed by atoms with Crippen molar-refractivity contribution in [2.24, 2.45) is 5.84 Å². The molecule has 6 heteroatoms. The molecule has 0 aromatic carbocycles. The first-order chi connectivity index (χ1) is 9.35. The van der Waals surface area contributed by atoms with Gasteiger partial charge in [0, 0.05) is 36.7 Å². The number of nitrogens with one attached hydrogen (secondary N) is 1. The third kappa shape index (κ3) is 2.86. The SMILES string of the molecule is NNC(CCc1ccco1)Cc1cn2ccsc2n1. The first-order valence-corrected chi connectivity index (χ1v) is 7.12. The van der Waals surface area contributed by atoms with E-state index in [-0.39, 0.29) is 6.04 Å². The second-order valence-corrected chi connectivity index (χ2v) is 5.38. The number of hydrogen-bond acceptors (Lipinski definition) is 5. The van der Waals surface area contributed by atoms with Gasteiger partial charge in [-0.05, 0) is 18.6 Å². The van der Waals surface area contributed by atoms with Crippen molar-refractivity contribution >= 4 is 16.3 Å². The van der Waals surface area contributed by atoms with Crippen LogP contribution in [-0.4, -0.2) is 15.4 Å². The van der Waals surface area contributed by atoms with Crippen molar-refractivity contribution in [2.45, 2.75) is 25.3 Å². The highest BCUT2D eigenvalue weighted by Gasteiger charge is 2.12. The van der Waals surface area contributed by atoms with Crippen LogP contribution in [0.4, 0.5) is 0 Å². The predicted octanol–water partition coefficient (Wildman–Crippen LogP) is 2.00. The molecule has 3 heterocycles. The fourth-order valence-corrected chi connectivity index (χ4v) is 2.86. The summed E-state index contributed by atoms with van der Waals surface area (Å²) in [6.45, 7) is 0. The molecule has 0 bridgehead atoms. The van der Waals surface area contributed by atoms with Gasteiger partial charge in [0.05, 0.1) is 12.0 Å². The number of nitrogens with two attached hydrogens (primary N) is 1. The molecule has 0 aliphatic rings. The van der Waals surface area contributed by atoms with E-state index in [0.717, 1.165) is 35.7 Å². The summed E-state index contributed by atoms with van der Waals surface area (Å²) in [5.74, 6) is 6.61. The number of hydrogen-bond donors (Lipinski definition) is 2. The van der Waals surface area contributed by atoms with Gasteiger partial charge in [-0.1, -0.05) is 0 Å². The molecule has 0 spiro atoms. The Balaban J connectivity index is 1.61. The molecule has 3 aromatic rings. The van der Waals surface area contributed by atoms with E-state index in [1.165, 1.54) is 0 Å². The molecule has 3 aromatic heterocycles. The maximum atomic E-state index is 5.62. The fraction of sp³-hybridized carbons (Fsp3) is 0.308. The van der Waals surface area contributed by atoms with E-state index in [2.05, 4.69) is 16.6 Å². The summed E-state index contributed by atoms with van der Waals surface area (Å²) in [5, 5.41) is 2.03. The number of aryl methyl sites for hydroxylation is 1. The molecular formula is C13H16N4OS. The normalized spacial score (nSPS) is 13.1. The van der Waals surface area contributed by atoms with E-state index in [1.54, 1.807) is 17.6 Å². The van der Waals surface area contributed by atoms with Crippen LogP contribution in [0.2, 0.25) is 0 Å². The molecule has 0 fully saturated rings. The summed E-state index contributed by atoms with van der Waals surface area (Å²) < 4.78 is 7.37. The quantitative estimate of drug-likeness (QED) is 0.534. The van der Waals surface area contributed by atoms with Crippen molar-refractivity contribution in [1.82, 2.24) is 14.8 Å². The number of imidazole rings is 1. The highest BCUT2D eigenvalue weighted by Crippen LogP contribution is 2.14. The molecule has 3 N–H and O–H groups in total. The molecule has 0 saturated heterocycles. The molecule has 100 valence electrons. The number of furan rings is 1. The maximum Gasteiger partial charge on any atom is 0.193 e. The van der Waals surface area contributed by atoms with Gasteiger partial charge in [-0.25, -0.2) is 4.98 Å². The zero-order valence-electron chi connectivity index (χ0n) is 10.5. The smallest absolute Gasteiger partial charge is 0.193 e. The number of nitrogens with zero attached hydrogens (tertiary/aromatic N) is 2. The Kier molecular flexibility index (Phi) is 3.63. The van der Waals surface area contributed by atoms with E-state index >= 15 is 0 Å². The van der Waals surface area contributed by atoms with Gasteiger partial charge in [0.25, 0.3) is 0 Å². The van der Waals surface area contributed by atoms with Crippen LogP contribution >= 0.6 is 11.3 Å². The number of fused-ring (bicyclic) bond motifs is 1. The van der Waals surface area contributed by atoms with Crippen LogP contribution in [0, 0.1) is 0 Å². The van der Waals surface area contributed by atoms with Gasteiger partial charge in [0.2, 0.25) is 0 Å². The third-order valence-electron chi connectivity index (χ3n) is 3.15. The first-order valence-electron chi connectivity index (χ1n) is 6.25. The molecule has 1 unspecified atom stereocenters. The van der Waals surface area contributed by atoms with Gasteiger partial charge in [-0.15, -0.1) is 11.3 Å². The Morgan fingerprint density at radius 2 is 2.47 bits per heavy atom. The van der Waals surface area contributed by atoms with Gasteiger partial charge in [-0.2, -0.15) is 0 Å². The topological polar surface area (TPSA) is 68.5 Å². The Hall–Kier alpha value is -1.63. The molecule has 0 aliphatic carbocycles. The predicted molar refractivity (Wildman–Crippen MR) is 74.9 cm³/mol. The molecule has 0 amide bonds. The molecule has 0 radical (unpaired) electrons. The monoisotopic (exact) mass is 276 g/mol. The Morgan fingerprint density at radius 1 is 1.53 bits per heavy atom. The van der Waals surface area contributed by atoms with E-state index in [9.17, 15) is 0 Å². The second kappa shape index (κ2) is 5.56. The zero-order valence-corrected chi connectivity index (χ0v) is 11.3. The number of rotatable bonds is 6. The third-order valence-corrected chi connectivity index (χ3v) is 3.92. The standard InChI is InChI=1S/C13H16N4OS/c14-16-10(3-4-12-2-1-6-18-12)8-11-9-17-5-7-19-13(17)15-11/h1-2,5-7,9-10,16H,3-4,8,14H2. The van der Waals surface area contributed by atoms with Crippen LogP contribution in [0.15, 0.2) is 40.6 Å². The summed E-state index contributed by atoms with van der Waals surface area (Å²) in [4.78, 5) is 5.59. The van der Waals surface area contributed by atoms with Gasteiger partial charge in [0.15, 0.2) is 4.96 Å². The van der Waals surface area contributed by atoms with E-state index in [0.29, 0.717) is 0 Å². The van der Waals surface area contributed by atoms with E-state index in [4.69, 9.17) is 10.3 Å².